The van der Waals surface area contributed by atoms with Crippen LogP contribution in [0.4, 0.5) is 5.69 Å². The van der Waals surface area contributed by atoms with Gasteiger partial charge in [0.25, 0.3) is 0 Å². The number of carbonyl (C=O) groups is 1. The number of nitrogens with zero attached hydrogens (tertiary/aromatic N) is 1. The van der Waals surface area contributed by atoms with Crippen molar-refractivity contribution in [2.75, 3.05) is 11.4 Å². The molecule has 0 amide bonds. The molecule has 0 fully saturated rings. The summed E-state index contributed by atoms with van der Waals surface area (Å²) < 4.78 is 5.36. The normalized spacial score (nSPS) is 17.9. The first-order valence-corrected chi connectivity index (χ1v) is 6.77. The molecule has 1 aromatic heterocycles. The molecule has 0 saturated heterocycles. The molecule has 0 radical (unpaired) electrons. The third-order valence-electron chi connectivity index (χ3n) is 3.68. The maximum Gasteiger partial charge on any atom is 0.338 e. The van der Waals surface area contributed by atoms with E-state index in [1.807, 2.05) is 6.07 Å². The van der Waals surface area contributed by atoms with E-state index in [0.29, 0.717) is 18.2 Å². The Bertz CT molecular complexity index is 632. The number of rotatable bonds is 3. The molecule has 4 nitrogen and oxygen atoms in total. The number of carboxylic acid groups (broad SMARTS) is 1. The van der Waals surface area contributed by atoms with E-state index in [1.165, 1.54) is 17.5 Å². The zero-order valence-electron chi connectivity index (χ0n) is 11.4. The van der Waals surface area contributed by atoms with Gasteiger partial charge in [-0.25, -0.2) is 4.79 Å². The lowest BCUT2D eigenvalue weighted by molar-refractivity contribution is 0.0696. The molecule has 1 aromatic carbocycles. The maximum atomic E-state index is 10.9. The van der Waals surface area contributed by atoms with Crippen molar-refractivity contribution in [2.24, 2.45) is 5.92 Å². The standard InChI is InChI=1S/C16H17NO3/c1-11-6-12-4-2-3-5-15(12)17(8-11)9-14-7-13(10-20-14)16(18)19/h2-5,7,10-11H,6,8-9H2,1H3,(H,18,19). The number of hydrogen-bond acceptors (Lipinski definition) is 3. The van der Waals surface area contributed by atoms with Crippen molar-refractivity contribution in [1.29, 1.82) is 0 Å². The average Bonchev–Trinajstić information content (AvgIpc) is 2.87. The highest BCUT2D eigenvalue weighted by Crippen LogP contribution is 2.30. The Hall–Kier alpha value is -2.23. The lowest BCUT2D eigenvalue weighted by atomic mass is 9.94. The zero-order valence-corrected chi connectivity index (χ0v) is 11.4. The van der Waals surface area contributed by atoms with Gasteiger partial charge < -0.3 is 14.4 Å². The molecule has 2 aromatic rings. The Kier molecular flexibility index (Phi) is 3.22. The van der Waals surface area contributed by atoms with E-state index in [2.05, 4.69) is 30.0 Å². The molecule has 104 valence electrons. The van der Waals surface area contributed by atoms with Gasteiger partial charge in [-0.2, -0.15) is 0 Å². The number of anilines is 1. The van der Waals surface area contributed by atoms with Crippen LogP contribution in [0.15, 0.2) is 41.0 Å². The lowest BCUT2D eigenvalue weighted by Gasteiger charge is -2.34. The van der Waals surface area contributed by atoms with E-state index < -0.39 is 5.97 Å². The van der Waals surface area contributed by atoms with Gasteiger partial charge in [-0.1, -0.05) is 25.1 Å². The van der Waals surface area contributed by atoms with Crippen LogP contribution in [0, 0.1) is 5.92 Å². The topological polar surface area (TPSA) is 53.7 Å². The largest absolute Gasteiger partial charge is 0.478 e. The van der Waals surface area contributed by atoms with Crippen molar-refractivity contribution in [3.63, 3.8) is 0 Å². The summed E-state index contributed by atoms with van der Waals surface area (Å²) >= 11 is 0. The molecule has 1 N–H and O–H groups in total. The molecule has 1 unspecified atom stereocenters. The van der Waals surface area contributed by atoms with E-state index in [-0.39, 0.29) is 5.56 Å². The minimum absolute atomic E-state index is 0.207. The highest BCUT2D eigenvalue weighted by Gasteiger charge is 2.22. The zero-order chi connectivity index (χ0) is 14.1. The summed E-state index contributed by atoms with van der Waals surface area (Å²) in [5, 5.41) is 8.93. The Morgan fingerprint density at radius 1 is 1.45 bits per heavy atom. The molecule has 0 bridgehead atoms. The molecule has 0 saturated carbocycles. The monoisotopic (exact) mass is 271 g/mol. The van der Waals surface area contributed by atoms with Gasteiger partial charge in [-0.05, 0) is 30.0 Å². The van der Waals surface area contributed by atoms with Crippen LogP contribution in [-0.4, -0.2) is 17.6 Å². The second-order valence-electron chi connectivity index (χ2n) is 5.43. The smallest absolute Gasteiger partial charge is 0.338 e. The van der Waals surface area contributed by atoms with Gasteiger partial charge >= 0.3 is 5.97 Å². The molecule has 0 spiro atoms. The van der Waals surface area contributed by atoms with Gasteiger partial charge in [0.15, 0.2) is 0 Å². The van der Waals surface area contributed by atoms with Crippen molar-refractivity contribution in [3.05, 3.63) is 53.5 Å². The second kappa shape index (κ2) is 5.04. The molecule has 0 aliphatic carbocycles. The SMILES string of the molecule is CC1Cc2ccccc2N(Cc2cc(C(=O)O)co2)C1. The third kappa shape index (κ3) is 2.41. The van der Waals surface area contributed by atoms with Gasteiger partial charge in [0, 0.05) is 12.2 Å². The molecule has 2 heterocycles. The molecule has 20 heavy (non-hydrogen) atoms. The van der Waals surface area contributed by atoms with Gasteiger partial charge in [0.05, 0.1) is 12.1 Å². The fourth-order valence-corrected chi connectivity index (χ4v) is 2.82. The van der Waals surface area contributed by atoms with E-state index in [9.17, 15) is 4.79 Å². The van der Waals surface area contributed by atoms with E-state index >= 15 is 0 Å². The van der Waals surface area contributed by atoms with Crippen molar-refractivity contribution in [3.8, 4) is 0 Å². The molecule has 4 heteroatoms. The summed E-state index contributed by atoms with van der Waals surface area (Å²) in [6, 6.07) is 9.96. The van der Waals surface area contributed by atoms with Crippen molar-refractivity contribution < 1.29 is 14.3 Å². The Morgan fingerprint density at radius 3 is 3.00 bits per heavy atom. The minimum Gasteiger partial charge on any atom is -0.478 e. The highest BCUT2D eigenvalue weighted by molar-refractivity contribution is 5.87. The first kappa shape index (κ1) is 12.8. The second-order valence-corrected chi connectivity index (χ2v) is 5.43. The molecule has 1 aliphatic rings. The van der Waals surface area contributed by atoms with Crippen LogP contribution in [0.1, 0.15) is 28.6 Å². The molecule has 1 aliphatic heterocycles. The number of carboxylic acids is 1. The minimum atomic E-state index is -0.951. The Labute approximate surface area is 117 Å². The predicted molar refractivity (Wildman–Crippen MR) is 76.0 cm³/mol. The van der Waals surface area contributed by atoms with Crippen molar-refractivity contribution >= 4 is 11.7 Å². The number of benzene rings is 1. The van der Waals surface area contributed by atoms with Crippen LogP contribution in [0.2, 0.25) is 0 Å². The highest BCUT2D eigenvalue weighted by atomic mass is 16.4. The van der Waals surface area contributed by atoms with Crippen molar-refractivity contribution in [1.82, 2.24) is 0 Å². The van der Waals surface area contributed by atoms with Crippen LogP contribution in [-0.2, 0) is 13.0 Å². The molecule has 1 atom stereocenters. The van der Waals surface area contributed by atoms with Gasteiger partial charge in [-0.15, -0.1) is 0 Å². The molecular weight excluding hydrogens is 254 g/mol. The number of furan rings is 1. The predicted octanol–water partition coefficient (Wildman–Crippen LogP) is 3.18. The van der Waals surface area contributed by atoms with Crippen LogP contribution in [0.5, 0.6) is 0 Å². The Morgan fingerprint density at radius 2 is 2.25 bits per heavy atom. The summed E-state index contributed by atoms with van der Waals surface area (Å²) in [5.41, 5.74) is 2.77. The van der Waals surface area contributed by atoms with Crippen LogP contribution < -0.4 is 4.90 Å². The molecule has 3 rings (SSSR count). The van der Waals surface area contributed by atoms with Crippen LogP contribution in [0.25, 0.3) is 0 Å². The van der Waals surface area contributed by atoms with Crippen LogP contribution >= 0.6 is 0 Å². The summed E-state index contributed by atoms with van der Waals surface area (Å²) in [7, 11) is 0. The lowest BCUT2D eigenvalue weighted by Crippen LogP contribution is -2.33. The molecular formula is C16H17NO3. The van der Waals surface area contributed by atoms with Crippen molar-refractivity contribution in [2.45, 2.75) is 19.9 Å². The third-order valence-corrected chi connectivity index (χ3v) is 3.68. The number of aromatic carboxylic acids is 1. The summed E-state index contributed by atoms with van der Waals surface area (Å²) in [6.07, 6.45) is 2.39. The number of para-hydroxylation sites is 1. The van der Waals surface area contributed by atoms with Gasteiger partial charge in [0.1, 0.15) is 12.0 Å². The Balaban J connectivity index is 1.85. The fraction of sp³-hybridized carbons (Fsp3) is 0.312. The first-order valence-electron chi connectivity index (χ1n) is 6.77. The summed E-state index contributed by atoms with van der Waals surface area (Å²) in [6.45, 7) is 3.79. The quantitative estimate of drug-likeness (QED) is 0.931. The summed E-state index contributed by atoms with van der Waals surface area (Å²) in [4.78, 5) is 13.1. The average molecular weight is 271 g/mol. The van der Waals surface area contributed by atoms with E-state index in [1.54, 1.807) is 6.07 Å². The number of fused-ring (bicyclic) bond motifs is 1. The van der Waals surface area contributed by atoms with Gasteiger partial charge in [-0.3, -0.25) is 0 Å². The van der Waals surface area contributed by atoms with Crippen LogP contribution in [0.3, 0.4) is 0 Å². The fourth-order valence-electron chi connectivity index (χ4n) is 2.82. The summed E-state index contributed by atoms with van der Waals surface area (Å²) in [5.74, 6) is 0.317. The van der Waals surface area contributed by atoms with Gasteiger partial charge in [0.2, 0.25) is 0 Å². The maximum absolute atomic E-state index is 10.9. The number of hydrogen-bond donors (Lipinski definition) is 1. The van der Waals surface area contributed by atoms with E-state index in [4.69, 9.17) is 9.52 Å². The first-order chi connectivity index (χ1) is 9.63. The van der Waals surface area contributed by atoms with E-state index in [0.717, 1.165) is 13.0 Å².